The number of sulfonamides is 1. The zero-order valence-electron chi connectivity index (χ0n) is 10.5. The molecule has 0 atom stereocenters. The van der Waals surface area contributed by atoms with E-state index in [1.165, 1.54) is 0 Å². The number of aromatic nitrogens is 1. The molecule has 1 aromatic heterocycles. The van der Waals surface area contributed by atoms with Crippen LogP contribution in [-0.4, -0.2) is 50.4 Å². The van der Waals surface area contributed by atoms with E-state index in [9.17, 15) is 18.5 Å². The first-order valence-electron chi connectivity index (χ1n) is 5.28. The van der Waals surface area contributed by atoms with Gasteiger partial charge in [0.25, 0.3) is 0 Å². The molecule has 9 nitrogen and oxygen atoms in total. The van der Waals surface area contributed by atoms with Crippen molar-refractivity contribution in [3.05, 3.63) is 22.4 Å². The number of hydrogen-bond acceptors (Lipinski definition) is 7. The lowest BCUT2D eigenvalue weighted by Gasteiger charge is -2.10. The molecule has 0 aliphatic carbocycles. The van der Waals surface area contributed by atoms with E-state index in [1.807, 2.05) is 0 Å². The quantitative estimate of drug-likeness (QED) is 0.528. The Labute approximate surface area is 110 Å². The van der Waals surface area contributed by atoms with Crippen molar-refractivity contribution in [3.63, 3.8) is 0 Å². The molecule has 19 heavy (non-hydrogen) atoms. The molecule has 0 amide bonds. The first kappa shape index (κ1) is 15.3. The SMILES string of the molecule is CN(C)CCNS(=O)(=O)c1cnc(N)c([N+](=O)[O-])c1. The van der Waals surface area contributed by atoms with Crippen LogP contribution in [0.3, 0.4) is 0 Å². The number of nitrogens with zero attached hydrogens (tertiary/aromatic N) is 3. The molecule has 0 spiro atoms. The Kier molecular flexibility index (Phi) is 4.75. The van der Waals surface area contributed by atoms with Gasteiger partial charge in [0.2, 0.25) is 15.8 Å². The predicted molar refractivity (Wildman–Crippen MR) is 69.0 cm³/mol. The zero-order valence-corrected chi connectivity index (χ0v) is 11.3. The highest BCUT2D eigenvalue weighted by Gasteiger charge is 2.21. The summed E-state index contributed by atoms with van der Waals surface area (Å²) in [6.07, 6.45) is 0.986. The maximum atomic E-state index is 11.9. The molecular weight excluding hydrogens is 274 g/mol. The number of pyridine rings is 1. The summed E-state index contributed by atoms with van der Waals surface area (Å²) in [5, 5.41) is 10.7. The van der Waals surface area contributed by atoms with Crippen molar-refractivity contribution < 1.29 is 13.3 Å². The van der Waals surface area contributed by atoms with Crippen LogP contribution in [0.25, 0.3) is 0 Å². The first-order valence-corrected chi connectivity index (χ1v) is 6.76. The summed E-state index contributed by atoms with van der Waals surface area (Å²) in [6.45, 7) is 0.692. The molecule has 10 heteroatoms. The maximum Gasteiger partial charge on any atom is 0.312 e. The Morgan fingerprint density at radius 3 is 2.68 bits per heavy atom. The predicted octanol–water partition coefficient (Wildman–Crippen LogP) is -0.588. The van der Waals surface area contributed by atoms with Gasteiger partial charge in [-0.1, -0.05) is 0 Å². The minimum absolute atomic E-state index is 0.188. The van der Waals surface area contributed by atoms with E-state index >= 15 is 0 Å². The fourth-order valence-corrected chi connectivity index (χ4v) is 2.21. The van der Waals surface area contributed by atoms with E-state index in [4.69, 9.17) is 5.73 Å². The molecule has 1 rings (SSSR count). The van der Waals surface area contributed by atoms with Crippen LogP contribution in [0.15, 0.2) is 17.2 Å². The van der Waals surface area contributed by atoms with Crippen molar-refractivity contribution in [3.8, 4) is 0 Å². The minimum Gasteiger partial charge on any atom is -0.378 e. The van der Waals surface area contributed by atoms with Gasteiger partial charge in [0.15, 0.2) is 0 Å². The molecular formula is C9H15N5O4S. The van der Waals surface area contributed by atoms with E-state index < -0.39 is 20.6 Å². The number of rotatable bonds is 6. The van der Waals surface area contributed by atoms with E-state index in [0.29, 0.717) is 6.54 Å². The molecule has 106 valence electrons. The second kappa shape index (κ2) is 5.91. The third-order valence-corrected chi connectivity index (χ3v) is 3.66. The average Bonchev–Trinajstić information content (AvgIpc) is 2.27. The summed E-state index contributed by atoms with van der Waals surface area (Å²) in [7, 11) is -0.237. The number of nitrogens with one attached hydrogen (secondary N) is 1. The zero-order chi connectivity index (χ0) is 14.6. The number of hydrogen-bond donors (Lipinski definition) is 2. The molecule has 0 aliphatic heterocycles. The summed E-state index contributed by atoms with van der Waals surface area (Å²) in [6, 6.07) is 0.889. The van der Waals surface area contributed by atoms with Gasteiger partial charge in [0.1, 0.15) is 4.90 Å². The lowest BCUT2D eigenvalue weighted by molar-refractivity contribution is -0.384. The van der Waals surface area contributed by atoms with Gasteiger partial charge in [-0.05, 0) is 14.1 Å². The Hall–Kier alpha value is -1.78. The van der Waals surface area contributed by atoms with Crippen LogP contribution in [-0.2, 0) is 10.0 Å². The highest BCUT2D eigenvalue weighted by molar-refractivity contribution is 7.89. The number of anilines is 1. The van der Waals surface area contributed by atoms with Crippen LogP contribution in [0.2, 0.25) is 0 Å². The Morgan fingerprint density at radius 2 is 2.16 bits per heavy atom. The van der Waals surface area contributed by atoms with Gasteiger partial charge in [0, 0.05) is 25.4 Å². The molecule has 0 radical (unpaired) electrons. The molecule has 0 aliphatic rings. The molecule has 0 fully saturated rings. The highest BCUT2D eigenvalue weighted by Crippen LogP contribution is 2.21. The highest BCUT2D eigenvalue weighted by atomic mass is 32.2. The van der Waals surface area contributed by atoms with Gasteiger partial charge < -0.3 is 10.6 Å². The third-order valence-electron chi connectivity index (χ3n) is 2.23. The third kappa shape index (κ3) is 4.12. The molecule has 0 bridgehead atoms. The lowest BCUT2D eigenvalue weighted by Crippen LogP contribution is -2.31. The molecule has 0 unspecified atom stereocenters. The Bertz CT molecular complexity index is 572. The van der Waals surface area contributed by atoms with E-state index in [0.717, 1.165) is 12.3 Å². The maximum absolute atomic E-state index is 11.9. The van der Waals surface area contributed by atoms with Crippen LogP contribution in [0.4, 0.5) is 11.5 Å². The second-order valence-electron chi connectivity index (χ2n) is 4.03. The van der Waals surface area contributed by atoms with Crippen molar-refractivity contribution in [1.82, 2.24) is 14.6 Å². The van der Waals surface area contributed by atoms with Gasteiger partial charge in [-0.2, -0.15) is 0 Å². The Balaban J connectivity index is 2.96. The summed E-state index contributed by atoms with van der Waals surface area (Å²) >= 11 is 0. The van der Waals surface area contributed by atoms with E-state index in [-0.39, 0.29) is 17.3 Å². The smallest absolute Gasteiger partial charge is 0.312 e. The first-order chi connectivity index (χ1) is 8.74. The molecule has 1 aromatic rings. The normalized spacial score (nSPS) is 11.7. The Morgan fingerprint density at radius 1 is 1.53 bits per heavy atom. The van der Waals surface area contributed by atoms with Crippen molar-refractivity contribution in [2.75, 3.05) is 32.9 Å². The topological polar surface area (TPSA) is 131 Å². The second-order valence-corrected chi connectivity index (χ2v) is 5.80. The van der Waals surface area contributed by atoms with Crippen molar-refractivity contribution >= 4 is 21.5 Å². The van der Waals surface area contributed by atoms with Crippen molar-refractivity contribution in [2.45, 2.75) is 4.90 Å². The van der Waals surface area contributed by atoms with Gasteiger partial charge in [-0.3, -0.25) is 10.1 Å². The molecule has 0 saturated heterocycles. The fourth-order valence-electron chi connectivity index (χ4n) is 1.23. The molecule has 0 aromatic carbocycles. The molecule has 3 N–H and O–H groups in total. The van der Waals surface area contributed by atoms with Crippen LogP contribution in [0.1, 0.15) is 0 Å². The summed E-state index contributed by atoms with van der Waals surface area (Å²) in [4.78, 5) is 14.9. The minimum atomic E-state index is -3.83. The molecule has 1 heterocycles. The summed E-state index contributed by atoms with van der Waals surface area (Å²) in [5.74, 6) is -0.322. The number of nitro groups is 1. The lowest BCUT2D eigenvalue weighted by atomic mass is 10.4. The van der Waals surface area contributed by atoms with Crippen LogP contribution >= 0.6 is 0 Å². The summed E-state index contributed by atoms with van der Waals surface area (Å²) in [5.41, 5.74) is 4.77. The van der Waals surface area contributed by atoms with Gasteiger partial charge >= 0.3 is 5.69 Å². The van der Waals surface area contributed by atoms with Crippen LogP contribution < -0.4 is 10.5 Å². The number of likely N-dealkylation sites (N-methyl/N-ethyl adjacent to an activating group) is 1. The number of nitrogen functional groups attached to an aromatic ring is 1. The standard InChI is InChI=1S/C9H15N5O4S/c1-13(2)4-3-12-19(17,18)7-5-8(14(15)16)9(10)11-6-7/h5-6,12H,3-4H2,1-2H3,(H2,10,11). The summed E-state index contributed by atoms with van der Waals surface area (Å²) < 4.78 is 26.1. The monoisotopic (exact) mass is 289 g/mol. The number of nitrogens with two attached hydrogens (primary N) is 1. The van der Waals surface area contributed by atoms with Gasteiger partial charge in [-0.25, -0.2) is 18.1 Å². The fraction of sp³-hybridized carbons (Fsp3) is 0.444. The van der Waals surface area contributed by atoms with E-state index in [1.54, 1.807) is 19.0 Å². The van der Waals surface area contributed by atoms with Crippen LogP contribution in [0.5, 0.6) is 0 Å². The average molecular weight is 289 g/mol. The molecule has 0 saturated carbocycles. The van der Waals surface area contributed by atoms with Gasteiger partial charge in [0.05, 0.1) is 4.92 Å². The largest absolute Gasteiger partial charge is 0.378 e. The van der Waals surface area contributed by atoms with Crippen LogP contribution in [0, 0.1) is 10.1 Å². The van der Waals surface area contributed by atoms with Gasteiger partial charge in [-0.15, -0.1) is 0 Å². The van der Waals surface area contributed by atoms with E-state index in [2.05, 4.69) is 9.71 Å². The van der Waals surface area contributed by atoms with Crippen molar-refractivity contribution in [2.24, 2.45) is 0 Å². The van der Waals surface area contributed by atoms with Crippen molar-refractivity contribution in [1.29, 1.82) is 0 Å².